The summed E-state index contributed by atoms with van der Waals surface area (Å²) in [4.78, 5) is 8.00. The standard InChI is InChI=1S/C13H16N4O2/c1-15-11-7-12(17-13(14)16-11)19-8-9-4-3-5-10(6-9)18-2/h3-7H,8H2,1-2H3,(H3,14,15,16,17). The molecule has 0 amide bonds. The lowest BCUT2D eigenvalue weighted by atomic mass is 10.2. The number of ether oxygens (including phenoxy) is 2. The van der Waals surface area contributed by atoms with Crippen LogP contribution in [0.5, 0.6) is 11.6 Å². The topological polar surface area (TPSA) is 82.3 Å². The number of nitrogens with one attached hydrogen (secondary N) is 1. The fraction of sp³-hybridized carbons (Fsp3) is 0.231. The SMILES string of the molecule is CNc1cc(OCc2cccc(OC)c2)nc(N)n1. The van der Waals surface area contributed by atoms with Crippen molar-refractivity contribution in [1.82, 2.24) is 9.97 Å². The fourth-order valence-electron chi connectivity index (χ4n) is 1.56. The van der Waals surface area contributed by atoms with E-state index in [-0.39, 0.29) is 5.95 Å². The minimum atomic E-state index is 0.174. The molecule has 2 rings (SSSR count). The van der Waals surface area contributed by atoms with Gasteiger partial charge in [0.2, 0.25) is 11.8 Å². The zero-order valence-corrected chi connectivity index (χ0v) is 10.9. The van der Waals surface area contributed by atoms with E-state index in [2.05, 4.69) is 15.3 Å². The predicted octanol–water partition coefficient (Wildman–Crippen LogP) is 1.69. The molecule has 1 aromatic heterocycles. The lowest BCUT2D eigenvalue weighted by Gasteiger charge is -2.08. The summed E-state index contributed by atoms with van der Waals surface area (Å²) in [6.45, 7) is 0.386. The Balaban J connectivity index is 2.07. The normalized spacial score (nSPS) is 10.0. The molecule has 0 spiro atoms. The first-order valence-corrected chi connectivity index (χ1v) is 5.79. The summed E-state index contributed by atoms with van der Waals surface area (Å²) in [5, 5.41) is 2.89. The minimum Gasteiger partial charge on any atom is -0.497 e. The average Bonchev–Trinajstić information content (AvgIpc) is 2.44. The second-order valence-corrected chi connectivity index (χ2v) is 3.84. The molecule has 3 N–H and O–H groups in total. The Labute approximate surface area is 111 Å². The van der Waals surface area contributed by atoms with Crippen molar-refractivity contribution in [2.75, 3.05) is 25.2 Å². The molecular formula is C13H16N4O2. The van der Waals surface area contributed by atoms with Gasteiger partial charge in [0.15, 0.2) is 0 Å². The van der Waals surface area contributed by atoms with Crippen molar-refractivity contribution in [2.24, 2.45) is 0 Å². The number of nitrogen functional groups attached to an aromatic ring is 1. The van der Waals surface area contributed by atoms with Crippen LogP contribution in [0.2, 0.25) is 0 Å². The molecule has 0 bridgehead atoms. The number of aromatic nitrogens is 2. The lowest BCUT2D eigenvalue weighted by molar-refractivity contribution is 0.293. The van der Waals surface area contributed by atoms with Gasteiger partial charge in [0.25, 0.3) is 0 Å². The molecule has 6 heteroatoms. The molecule has 0 aliphatic heterocycles. The maximum Gasteiger partial charge on any atom is 0.225 e. The molecule has 0 unspecified atom stereocenters. The highest BCUT2D eigenvalue weighted by Crippen LogP contribution is 2.17. The van der Waals surface area contributed by atoms with Crippen molar-refractivity contribution in [3.63, 3.8) is 0 Å². The van der Waals surface area contributed by atoms with E-state index in [1.54, 1.807) is 20.2 Å². The lowest BCUT2D eigenvalue weighted by Crippen LogP contribution is -2.03. The molecule has 1 heterocycles. The van der Waals surface area contributed by atoms with Gasteiger partial charge in [-0.2, -0.15) is 9.97 Å². The quantitative estimate of drug-likeness (QED) is 0.851. The van der Waals surface area contributed by atoms with Gasteiger partial charge in [0.05, 0.1) is 7.11 Å². The Bertz CT molecular complexity index is 560. The third kappa shape index (κ3) is 3.48. The van der Waals surface area contributed by atoms with Crippen LogP contribution in [0.4, 0.5) is 11.8 Å². The molecule has 100 valence electrons. The largest absolute Gasteiger partial charge is 0.497 e. The van der Waals surface area contributed by atoms with E-state index in [0.717, 1.165) is 11.3 Å². The van der Waals surface area contributed by atoms with Crippen LogP contribution in [0.3, 0.4) is 0 Å². The van der Waals surface area contributed by atoms with Crippen molar-refractivity contribution >= 4 is 11.8 Å². The second-order valence-electron chi connectivity index (χ2n) is 3.84. The van der Waals surface area contributed by atoms with Gasteiger partial charge < -0.3 is 20.5 Å². The fourth-order valence-corrected chi connectivity index (χ4v) is 1.56. The van der Waals surface area contributed by atoms with Crippen LogP contribution in [0.1, 0.15) is 5.56 Å². The first-order valence-electron chi connectivity index (χ1n) is 5.79. The maximum atomic E-state index is 5.59. The van der Waals surface area contributed by atoms with Crippen LogP contribution in [0.25, 0.3) is 0 Å². The predicted molar refractivity (Wildman–Crippen MR) is 73.3 cm³/mol. The number of rotatable bonds is 5. The Kier molecular flexibility index (Phi) is 4.02. The molecule has 19 heavy (non-hydrogen) atoms. The Morgan fingerprint density at radius 1 is 1.26 bits per heavy atom. The number of methoxy groups -OCH3 is 1. The van der Waals surface area contributed by atoms with Crippen LogP contribution in [0, 0.1) is 0 Å². The van der Waals surface area contributed by atoms with Crippen LogP contribution in [0.15, 0.2) is 30.3 Å². The highest BCUT2D eigenvalue weighted by Gasteiger charge is 2.03. The Morgan fingerprint density at radius 3 is 2.84 bits per heavy atom. The number of nitrogens with zero attached hydrogens (tertiary/aromatic N) is 2. The minimum absolute atomic E-state index is 0.174. The van der Waals surface area contributed by atoms with E-state index in [9.17, 15) is 0 Å². The molecular weight excluding hydrogens is 244 g/mol. The van der Waals surface area contributed by atoms with Crippen LogP contribution < -0.4 is 20.5 Å². The molecule has 0 atom stereocenters. The van der Waals surface area contributed by atoms with Crippen molar-refractivity contribution in [3.8, 4) is 11.6 Å². The summed E-state index contributed by atoms with van der Waals surface area (Å²) in [5.41, 5.74) is 6.58. The third-order valence-electron chi connectivity index (χ3n) is 2.50. The summed E-state index contributed by atoms with van der Waals surface area (Å²) in [5.74, 6) is 2.01. The second kappa shape index (κ2) is 5.90. The molecule has 0 aliphatic rings. The van der Waals surface area contributed by atoms with E-state index >= 15 is 0 Å². The summed E-state index contributed by atoms with van der Waals surface area (Å²) >= 11 is 0. The van der Waals surface area contributed by atoms with Gasteiger partial charge in [-0.05, 0) is 17.7 Å². The monoisotopic (exact) mass is 260 g/mol. The van der Waals surface area contributed by atoms with Gasteiger partial charge in [-0.1, -0.05) is 12.1 Å². The van der Waals surface area contributed by atoms with Gasteiger partial charge in [-0.25, -0.2) is 0 Å². The van der Waals surface area contributed by atoms with Gasteiger partial charge in [0, 0.05) is 13.1 Å². The zero-order chi connectivity index (χ0) is 13.7. The van der Waals surface area contributed by atoms with Crippen molar-refractivity contribution in [1.29, 1.82) is 0 Å². The van der Waals surface area contributed by atoms with E-state index in [1.807, 2.05) is 24.3 Å². The molecule has 0 radical (unpaired) electrons. The molecule has 2 aromatic rings. The molecule has 0 saturated carbocycles. The molecule has 0 aliphatic carbocycles. The zero-order valence-electron chi connectivity index (χ0n) is 10.9. The van der Waals surface area contributed by atoms with E-state index in [1.165, 1.54) is 0 Å². The first-order chi connectivity index (χ1) is 9.21. The number of hydrogen-bond donors (Lipinski definition) is 2. The number of anilines is 2. The smallest absolute Gasteiger partial charge is 0.225 e. The first kappa shape index (κ1) is 12.9. The average molecular weight is 260 g/mol. The Hall–Kier alpha value is -2.50. The van der Waals surface area contributed by atoms with Crippen LogP contribution in [-0.4, -0.2) is 24.1 Å². The summed E-state index contributed by atoms with van der Waals surface area (Å²) < 4.78 is 10.7. The highest BCUT2D eigenvalue weighted by atomic mass is 16.5. The van der Waals surface area contributed by atoms with Gasteiger partial charge in [-0.15, -0.1) is 0 Å². The highest BCUT2D eigenvalue weighted by molar-refractivity contribution is 5.42. The van der Waals surface area contributed by atoms with Crippen molar-refractivity contribution < 1.29 is 9.47 Å². The third-order valence-corrected chi connectivity index (χ3v) is 2.50. The summed E-state index contributed by atoms with van der Waals surface area (Å²) in [6.07, 6.45) is 0. The molecule has 0 fully saturated rings. The maximum absolute atomic E-state index is 5.59. The van der Waals surface area contributed by atoms with E-state index in [4.69, 9.17) is 15.2 Å². The van der Waals surface area contributed by atoms with E-state index < -0.39 is 0 Å². The molecule has 1 aromatic carbocycles. The van der Waals surface area contributed by atoms with Crippen molar-refractivity contribution in [2.45, 2.75) is 6.61 Å². The van der Waals surface area contributed by atoms with Crippen LogP contribution in [-0.2, 0) is 6.61 Å². The molecule has 0 saturated heterocycles. The van der Waals surface area contributed by atoms with Gasteiger partial charge >= 0.3 is 0 Å². The number of benzene rings is 1. The Morgan fingerprint density at radius 2 is 2.11 bits per heavy atom. The van der Waals surface area contributed by atoms with Crippen molar-refractivity contribution in [3.05, 3.63) is 35.9 Å². The van der Waals surface area contributed by atoms with Crippen LogP contribution >= 0.6 is 0 Å². The van der Waals surface area contributed by atoms with Gasteiger partial charge in [-0.3, -0.25) is 0 Å². The number of hydrogen-bond acceptors (Lipinski definition) is 6. The summed E-state index contributed by atoms with van der Waals surface area (Å²) in [6, 6.07) is 9.34. The molecule has 6 nitrogen and oxygen atoms in total. The van der Waals surface area contributed by atoms with E-state index in [0.29, 0.717) is 18.3 Å². The van der Waals surface area contributed by atoms with Gasteiger partial charge in [0.1, 0.15) is 18.2 Å². The summed E-state index contributed by atoms with van der Waals surface area (Å²) in [7, 11) is 3.39. The number of nitrogens with two attached hydrogens (primary N) is 1.